The molecule has 2 atom stereocenters. The summed E-state index contributed by atoms with van der Waals surface area (Å²) in [5, 5.41) is 6.66. The number of nitrogens with one attached hydrogen (secondary N) is 2. The number of halogens is 1. The molecular weight excluding hydrogens is 348 g/mol. The van der Waals surface area contributed by atoms with Gasteiger partial charge in [-0.25, -0.2) is 4.79 Å². The van der Waals surface area contributed by atoms with Crippen LogP contribution in [0.1, 0.15) is 18.4 Å². The Morgan fingerprint density at radius 2 is 2.00 bits per heavy atom. The number of hydrogen-bond donors (Lipinski definition) is 2. The molecule has 26 heavy (non-hydrogen) atoms. The number of benzene rings is 1. The molecule has 3 saturated heterocycles. The van der Waals surface area contributed by atoms with Crippen molar-refractivity contribution in [2.24, 2.45) is 5.92 Å². The molecule has 2 aromatic rings. The van der Waals surface area contributed by atoms with Crippen molar-refractivity contribution in [2.75, 3.05) is 18.4 Å². The summed E-state index contributed by atoms with van der Waals surface area (Å²) < 4.78 is 0. The van der Waals surface area contributed by atoms with Crippen LogP contribution in [-0.4, -0.2) is 41.1 Å². The number of hydrogen-bond acceptors (Lipinski definition) is 3. The Bertz CT molecular complexity index is 761. The maximum Gasteiger partial charge on any atom is 0.319 e. The Hall–Kier alpha value is -2.11. The lowest BCUT2D eigenvalue weighted by molar-refractivity contribution is 0.0184. The van der Waals surface area contributed by atoms with Gasteiger partial charge in [-0.2, -0.15) is 0 Å². The Morgan fingerprint density at radius 1 is 1.19 bits per heavy atom. The van der Waals surface area contributed by atoms with Gasteiger partial charge in [-0.3, -0.25) is 9.88 Å². The first-order chi connectivity index (χ1) is 12.7. The van der Waals surface area contributed by atoms with E-state index in [0.29, 0.717) is 22.7 Å². The molecule has 5 rings (SSSR count). The molecule has 2 amide bonds. The van der Waals surface area contributed by atoms with Gasteiger partial charge in [-0.15, -0.1) is 0 Å². The van der Waals surface area contributed by atoms with Crippen LogP contribution in [0.4, 0.5) is 10.5 Å². The number of aromatic nitrogens is 1. The van der Waals surface area contributed by atoms with Gasteiger partial charge in [0.05, 0.1) is 10.7 Å². The summed E-state index contributed by atoms with van der Waals surface area (Å²) in [6.07, 6.45) is 6.90. The van der Waals surface area contributed by atoms with Gasteiger partial charge in [-0.05, 0) is 62.0 Å². The van der Waals surface area contributed by atoms with Crippen molar-refractivity contribution in [1.29, 1.82) is 0 Å². The van der Waals surface area contributed by atoms with E-state index in [2.05, 4.69) is 26.6 Å². The summed E-state index contributed by atoms with van der Waals surface area (Å²) in [6.45, 7) is 2.22. The van der Waals surface area contributed by atoms with Crippen LogP contribution in [0, 0.1) is 5.92 Å². The van der Waals surface area contributed by atoms with E-state index in [1.807, 2.05) is 30.5 Å². The van der Waals surface area contributed by atoms with E-state index >= 15 is 0 Å². The van der Waals surface area contributed by atoms with E-state index in [0.717, 1.165) is 32.4 Å². The van der Waals surface area contributed by atoms with Crippen molar-refractivity contribution in [3.8, 4) is 0 Å². The summed E-state index contributed by atoms with van der Waals surface area (Å²) in [6, 6.07) is 11.6. The van der Waals surface area contributed by atoms with E-state index in [1.165, 1.54) is 5.56 Å². The van der Waals surface area contributed by atoms with Crippen LogP contribution >= 0.6 is 11.6 Å². The van der Waals surface area contributed by atoms with Crippen molar-refractivity contribution in [1.82, 2.24) is 15.2 Å². The highest BCUT2D eigenvalue weighted by Crippen LogP contribution is 2.34. The van der Waals surface area contributed by atoms with Crippen LogP contribution in [0.2, 0.25) is 5.02 Å². The highest BCUT2D eigenvalue weighted by Gasteiger charge is 2.42. The van der Waals surface area contributed by atoms with E-state index in [9.17, 15) is 4.79 Å². The van der Waals surface area contributed by atoms with Crippen LogP contribution in [0.3, 0.4) is 0 Å². The van der Waals surface area contributed by atoms with Gasteiger partial charge in [0, 0.05) is 24.5 Å². The lowest BCUT2D eigenvalue weighted by Crippen LogP contribution is -2.64. The average Bonchev–Trinajstić information content (AvgIpc) is 2.67. The predicted octanol–water partition coefficient (Wildman–Crippen LogP) is 3.56. The molecule has 0 spiro atoms. The number of rotatable bonds is 4. The van der Waals surface area contributed by atoms with Gasteiger partial charge in [-0.1, -0.05) is 29.8 Å². The number of piperidine rings is 3. The molecule has 1 aromatic heterocycles. The average molecular weight is 371 g/mol. The molecule has 1 aromatic carbocycles. The van der Waals surface area contributed by atoms with Crippen molar-refractivity contribution < 1.29 is 4.79 Å². The third-order valence-electron chi connectivity index (χ3n) is 5.55. The standard InChI is InChI=1S/C20H23ClN4O/c21-16-5-1-2-6-17(16)23-20(26)24-19-15-7-10-25(11-8-15)18(19)12-14-4-3-9-22-13-14/h1-6,9,13,15,18-19H,7-8,10-12H2,(H2,23,24,26). The number of fused-ring (bicyclic) bond motifs is 3. The van der Waals surface area contributed by atoms with Crippen molar-refractivity contribution in [2.45, 2.75) is 31.3 Å². The first-order valence-corrected chi connectivity index (χ1v) is 9.53. The van der Waals surface area contributed by atoms with E-state index in [4.69, 9.17) is 11.6 Å². The molecule has 2 bridgehead atoms. The zero-order chi connectivity index (χ0) is 17.9. The third-order valence-corrected chi connectivity index (χ3v) is 5.88. The molecule has 0 saturated carbocycles. The van der Waals surface area contributed by atoms with Gasteiger partial charge >= 0.3 is 6.03 Å². The zero-order valence-corrected chi connectivity index (χ0v) is 15.3. The second-order valence-electron chi connectivity index (χ2n) is 7.11. The maximum absolute atomic E-state index is 12.6. The molecule has 3 aliphatic rings. The Labute approximate surface area is 158 Å². The number of pyridine rings is 1. The largest absolute Gasteiger partial charge is 0.333 e. The normalized spacial score (nSPS) is 27.1. The molecule has 0 aliphatic carbocycles. The fourth-order valence-corrected chi connectivity index (χ4v) is 4.44. The van der Waals surface area contributed by atoms with Gasteiger partial charge in [0.1, 0.15) is 0 Å². The topological polar surface area (TPSA) is 57.3 Å². The fourth-order valence-electron chi connectivity index (χ4n) is 4.25. The highest BCUT2D eigenvalue weighted by atomic mass is 35.5. The maximum atomic E-state index is 12.6. The smallest absolute Gasteiger partial charge is 0.319 e. The number of anilines is 1. The molecule has 2 N–H and O–H groups in total. The first-order valence-electron chi connectivity index (χ1n) is 9.16. The molecule has 2 unspecified atom stereocenters. The minimum Gasteiger partial charge on any atom is -0.333 e. The quantitative estimate of drug-likeness (QED) is 0.865. The third kappa shape index (κ3) is 3.69. The predicted molar refractivity (Wildman–Crippen MR) is 103 cm³/mol. The molecule has 6 heteroatoms. The van der Waals surface area contributed by atoms with Crippen LogP contribution in [0.15, 0.2) is 48.8 Å². The van der Waals surface area contributed by atoms with Crippen LogP contribution in [0.5, 0.6) is 0 Å². The second-order valence-corrected chi connectivity index (χ2v) is 7.52. The molecule has 3 fully saturated rings. The molecular formula is C20H23ClN4O. The first kappa shape index (κ1) is 17.3. The number of carbonyl (C=O) groups is 1. The molecule has 4 heterocycles. The van der Waals surface area contributed by atoms with Crippen LogP contribution in [0.25, 0.3) is 0 Å². The minimum atomic E-state index is -0.187. The molecule has 3 aliphatic heterocycles. The highest BCUT2D eigenvalue weighted by molar-refractivity contribution is 6.33. The zero-order valence-electron chi connectivity index (χ0n) is 14.6. The summed E-state index contributed by atoms with van der Waals surface area (Å²) >= 11 is 6.15. The number of para-hydroxylation sites is 1. The lowest BCUT2D eigenvalue weighted by atomic mass is 9.77. The number of carbonyl (C=O) groups excluding carboxylic acids is 1. The van der Waals surface area contributed by atoms with Gasteiger partial charge < -0.3 is 10.6 Å². The Balaban J connectivity index is 1.47. The molecule has 136 valence electrons. The molecule has 0 radical (unpaired) electrons. The van der Waals surface area contributed by atoms with Crippen LogP contribution in [-0.2, 0) is 6.42 Å². The summed E-state index contributed by atoms with van der Waals surface area (Å²) in [5.74, 6) is 0.527. The fraction of sp³-hybridized carbons (Fsp3) is 0.400. The number of urea groups is 1. The van der Waals surface area contributed by atoms with E-state index in [1.54, 1.807) is 12.3 Å². The van der Waals surface area contributed by atoms with Gasteiger partial charge in [0.25, 0.3) is 0 Å². The lowest BCUT2D eigenvalue weighted by Gasteiger charge is -2.51. The summed E-state index contributed by atoms with van der Waals surface area (Å²) in [7, 11) is 0. The Kier molecular flexibility index (Phi) is 5.09. The van der Waals surface area contributed by atoms with Crippen LogP contribution < -0.4 is 10.6 Å². The van der Waals surface area contributed by atoms with Crippen molar-refractivity contribution in [3.63, 3.8) is 0 Å². The van der Waals surface area contributed by atoms with Gasteiger partial charge in [0.2, 0.25) is 0 Å². The van der Waals surface area contributed by atoms with Crippen molar-refractivity contribution >= 4 is 23.3 Å². The van der Waals surface area contributed by atoms with E-state index in [-0.39, 0.29) is 12.1 Å². The minimum absolute atomic E-state index is 0.139. The van der Waals surface area contributed by atoms with Crippen molar-refractivity contribution in [3.05, 3.63) is 59.4 Å². The summed E-state index contributed by atoms with van der Waals surface area (Å²) in [4.78, 5) is 19.3. The van der Waals surface area contributed by atoms with Gasteiger partial charge in [0.15, 0.2) is 0 Å². The number of nitrogens with zero attached hydrogens (tertiary/aromatic N) is 2. The van der Waals surface area contributed by atoms with E-state index < -0.39 is 0 Å². The summed E-state index contributed by atoms with van der Waals surface area (Å²) in [5.41, 5.74) is 1.85. The SMILES string of the molecule is O=C(Nc1ccccc1Cl)NC1C2CCN(CC2)C1Cc1cccnc1. The Morgan fingerprint density at radius 3 is 2.73 bits per heavy atom. The molecule has 5 nitrogen and oxygen atoms in total. The second kappa shape index (κ2) is 7.64. The monoisotopic (exact) mass is 370 g/mol. The number of amides is 2.